The Morgan fingerprint density at radius 1 is 1.29 bits per heavy atom. The van der Waals surface area contributed by atoms with Crippen LogP contribution in [0.2, 0.25) is 0 Å². The molecule has 0 amide bonds. The lowest BCUT2D eigenvalue weighted by atomic mass is 9.67. The molecule has 45 heavy (non-hydrogen) atoms. The second kappa shape index (κ2) is 14.8. The van der Waals surface area contributed by atoms with E-state index in [1.54, 1.807) is 18.2 Å². The number of carbonyl (C=O) groups is 1. The molecule has 4 rings (SSSR count). The number of carboxylic acid groups (broad SMARTS) is 1. The van der Waals surface area contributed by atoms with Crippen LogP contribution in [0, 0.1) is 22.7 Å². The summed E-state index contributed by atoms with van der Waals surface area (Å²) in [6, 6.07) is 4.26. The van der Waals surface area contributed by atoms with Crippen LogP contribution in [0.4, 0.5) is 17.6 Å². The standard InChI is InChI=1S/C37H46F4O3S/c1-5-19-36(33(42)43)22-25(13-15-27(23-36)35(2,3)4)14-17-29-11-6-7-12-32(45-29)30-21-26(16-18-31(30)44-34(39)40)37(41)20-9-8-10-28(37)24-38/h7-8,10-11,14,16,18,21,27-28,34H,5-6,9,13,15,17,19-20,22-24H2,1-4H3,(H,42,43)/t27-,28+,36-,37-/m0/s1. The van der Waals surface area contributed by atoms with Gasteiger partial charge in [-0.3, -0.25) is 9.18 Å². The second-order valence-electron chi connectivity index (χ2n) is 13.7. The Morgan fingerprint density at radius 3 is 2.73 bits per heavy atom. The molecule has 0 spiro atoms. The Labute approximate surface area is 269 Å². The van der Waals surface area contributed by atoms with Gasteiger partial charge in [0.1, 0.15) is 11.4 Å². The van der Waals surface area contributed by atoms with Gasteiger partial charge in [0.2, 0.25) is 0 Å². The SMILES string of the molecule is CCC[C@]1(C(=O)O)CC(=CCC2=CCC=C=C(c3cc([C@@]4(F)CCC=C[C@@H]4CF)ccc3OC(F)F)S2)CC[C@H](C(C)(C)C)C1. The predicted octanol–water partition coefficient (Wildman–Crippen LogP) is 11.3. The fourth-order valence-corrected chi connectivity index (χ4v) is 8.04. The van der Waals surface area contributed by atoms with Gasteiger partial charge in [-0.15, -0.1) is 5.73 Å². The number of thioether (sulfide) groups is 1. The van der Waals surface area contributed by atoms with Crippen LogP contribution < -0.4 is 4.74 Å². The summed E-state index contributed by atoms with van der Waals surface area (Å²) >= 11 is 1.36. The summed E-state index contributed by atoms with van der Waals surface area (Å²) in [6.45, 7) is 4.66. The number of benzene rings is 1. The first-order chi connectivity index (χ1) is 21.3. The van der Waals surface area contributed by atoms with E-state index in [2.05, 4.69) is 32.6 Å². The molecule has 1 fully saturated rings. The summed E-state index contributed by atoms with van der Waals surface area (Å²) in [5, 5.41) is 10.4. The normalized spacial score (nSPS) is 28.4. The zero-order chi connectivity index (χ0) is 32.8. The molecule has 0 aromatic heterocycles. The minimum Gasteiger partial charge on any atom is -0.481 e. The number of allylic oxidation sites excluding steroid dienone is 7. The first-order valence-corrected chi connectivity index (χ1v) is 16.9. The molecule has 8 heteroatoms. The van der Waals surface area contributed by atoms with Gasteiger partial charge < -0.3 is 9.84 Å². The summed E-state index contributed by atoms with van der Waals surface area (Å²) in [5.41, 5.74) is 2.07. The highest BCUT2D eigenvalue weighted by molar-refractivity contribution is 8.11. The molecule has 0 unspecified atom stereocenters. The molecule has 4 atom stereocenters. The van der Waals surface area contributed by atoms with Crippen molar-refractivity contribution < 1.29 is 32.2 Å². The quantitative estimate of drug-likeness (QED) is 0.119. The maximum atomic E-state index is 16.3. The van der Waals surface area contributed by atoms with Gasteiger partial charge in [0.05, 0.1) is 17.0 Å². The number of ether oxygens (including phenoxy) is 1. The van der Waals surface area contributed by atoms with Gasteiger partial charge in [-0.2, -0.15) is 8.78 Å². The Kier molecular flexibility index (Phi) is 11.6. The topological polar surface area (TPSA) is 46.5 Å². The lowest BCUT2D eigenvalue weighted by Crippen LogP contribution is -2.35. The van der Waals surface area contributed by atoms with Gasteiger partial charge in [0.25, 0.3) is 0 Å². The third-order valence-electron chi connectivity index (χ3n) is 9.66. The van der Waals surface area contributed by atoms with Gasteiger partial charge >= 0.3 is 12.6 Å². The van der Waals surface area contributed by atoms with E-state index in [1.807, 2.05) is 13.0 Å². The van der Waals surface area contributed by atoms with Crippen molar-refractivity contribution in [3.05, 3.63) is 75.9 Å². The molecular formula is C37H46F4O3S. The van der Waals surface area contributed by atoms with E-state index in [-0.39, 0.29) is 34.6 Å². The highest BCUT2D eigenvalue weighted by Gasteiger charge is 2.45. The summed E-state index contributed by atoms with van der Waals surface area (Å²) in [5.74, 6) is -1.50. The van der Waals surface area contributed by atoms with Crippen LogP contribution in [0.3, 0.4) is 0 Å². The molecule has 0 saturated heterocycles. The van der Waals surface area contributed by atoms with Crippen molar-refractivity contribution in [2.45, 2.75) is 104 Å². The summed E-state index contributed by atoms with van der Waals surface area (Å²) in [6.07, 6.45) is 15.3. The first kappa shape index (κ1) is 35.2. The fraction of sp³-hybridized carbons (Fsp3) is 0.568. The number of carboxylic acids is 1. The minimum atomic E-state index is -3.07. The van der Waals surface area contributed by atoms with Crippen molar-refractivity contribution in [2.24, 2.45) is 22.7 Å². The Morgan fingerprint density at radius 2 is 2.07 bits per heavy atom. The summed E-state index contributed by atoms with van der Waals surface area (Å²) in [4.78, 5) is 14.2. The van der Waals surface area contributed by atoms with Crippen molar-refractivity contribution in [1.29, 1.82) is 0 Å². The monoisotopic (exact) mass is 646 g/mol. The highest BCUT2D eigenvalue weighted by Crippen LogP contribution is 2.50. The molecule has 1 aromatic rings. The smallest absolute Gasteiger partial charge is 0.387 e. The van der Waals surface area contributed by atoms with E-state index in [0.717, 1.165) is 29.7 Å². The largest absolute Gasteiger partial charge is 0.481 e. The first-order valence-electron chi connectivity index (χ1n) is 16.1. The van der Waals surface area contributed by atoms with Gasteiger partial charge in [-0.1, -0.05) is 81.8 Å². The number of hydrogen-bond donors (Lipinski definition) is 1. The van der Waals surface area contributed by atoms with Crippen LogP contribution >= 0.6 is 11.8 Å². The number of alkyl halides is 4. The van der Waals surface area contributed by atoms with Crippen molar-refractivity contribution in [2.75, 3.05) is 6.67 Å². The van der Waals surface area contributed by atoms with Crippen LogP contribution in [-0.4, -0.2) is 24.4 Å². The van der Waals surface area contributed by atoms with Crippen molar-refractivity contribution >= 4 is 22.6 Å². The zero-order valence-corrected chi connectivity index (χ0v) is 27.6. The third-order valence-corrected chi connectivity index (χ3v) is 10.8. The van der Waals surface area contributed by atoms with E-state index in [0.29, 0.717) is 43.4 Å². The average molecular weight is 647 g/mol. The van der Waals surface area contributed by atoms with Gasteiger partial charge in [-0.05, 0) is 97.8 Å². The fourth-order valence-electron chi connectivity index (χ4n) is 7.02. The van der Waals surface area contributed by atoms with Crippen LogP contribution in [0.1, 0.15) is 103 Å². The Balaban J connectivity index is 1.63. The van der Waals surface area contributed by atoms with E-state index in [9.17, 15) is 23.1 Å². The number of aliphatic carboxylic acids is 1. The lowest BCUT2D eigenvalue weighted by Gasteiger charge is -2.36. The van der Waals surface area contributed by atoms with Crippen LogP contribution in [-0.2, 0) is 10.5 Å². The molecule has 246 valence electrons. The lowest BCUT2D eigenvalue weighted by molar-refractivity contribution is -0.151. The van der Waals surface area contributed by atoms with Crippen LogP contribution in [0.25, 0.3) is 4.91 Å². The molecule has 1 N–H and O–H groups in total. The van der Waals surface area contributed by atoms with E-state index < -0.39 is 36.3 Å². The molecule has 1 aromatic carbocycles. The maximum Gasteiger partial charge on any atom is 0.387 e. The number of halogens is 4. The molecule has 1 heterocycles. The van der Waals surface area contributed by atoms with Gasteiger partial charge in [-0.25, -0.2) is 4.39 Å². The summed E-state index contributed by atoms with van der Waals surface area (Å²) < 4.78 is 61.9. The van der Waals surface area contributed by atoms with Gasteiger partial charge in [0, 0.05) is 11.5 Å². The van der Waals surface area contributed by atoms with Gasteiger partial charge in [0.15, 0.2) is 0 Å². The van der Waals surface area contributed by atoms with E-state index in [4.69, 9.17) is 4.74 Å². The Bertz CT molecular complexity index is 1380. The minimum absolute atomic E-state index is 0.00220. The Hall–Kier alpha value is -2.70. The second-order valence-corrected chi connectivity index (χ2v) is 14.9. The highest BCUT2D eigenvalue weighted by atomic mass is 32.2. The molecule has 0 bridgehead atoms. The molecule has 0 radical (unpaired) electrons. The van der Waals surface area contributed by atoms with Crippen LogP contribution in [0.15, 0.2) is 64.8 Å². The van der Waals surface area contributed by atoms with E-state index >= 15 is 4.39 Å². The molecule has 1 saturated carbocycles. The molecular weight excluding hydrogens is 600 g/mol. The number of rotatable bonds is 10. The molecule has 3 aliphatic rings. The summed E-state index contributed by atoms with van der Waals surface area (Å²) in [7, 11) is 0. The van der Waals surface area contributed by atoms with E-state index in [1.165, 1.54) is 30.0 Å². The van der Waals surface area contributed by atoms with Crippen molar-refractivity contribution in [3.8, 4) is 5.75 Å². The third kappa shape index (κ3) is 8.37. The molecule has 2 aliphatic carbocycles. The maximum absolute atomic E-state index is 16.3. The average Bonchev–Trinajstić information content (AvgIpc) is 3.34. The van der Waals surface area contributed by atoms with Crippen molar-refractivity contribution in [1.82, 2.24) is 0 Å². The zero-order valence-electron chi connectivity index (χ0n) is 26.8. The molecule has 3 nitrogen and oxygen atoms in total. The van der Waals surface area contributed by atoms with Crippen molar-refractivity contribution in [3.63, 3.8) is 0 Å². The molecule has 1 aliphatic heterocycles. The van der Waals surface area contributed by atoms with Crippen LogP contribution in [0.5, 0.6) is 5.75 Å². The predicted molar refractivity (Wildman–Crippen MR) is 175 cm³/mol. The number of hydrogen-bond acceptors (Lipinski definition) is 3.